The van der Waals surface area contributed by atoms with Gasteiger partial charge < -0.3 is 26.8 Å². The largest absolute Gasteiger partial charge is 0.508 e. The van der Waals surface area contributed by atoms with E-state index in [9.17, 15) is 15.0 Å². The van der Waals surface area contributed by atoms with E-state index in [0.29, 0.717) is 0 Å². The van der Waals surface area contributed by atoms with Crippen molar-refractivity contribution in [1.29, 1.82) is 0 Å². The number of phenolic OH excluding ortho intramolecular Hbond substituents is 3. The minimum atomic E-state index is -0.900. The van der Waals surface area contributed by atoms with Gasteiger partial charge in [0.05, 0.1) is 5.56 Å². The molecule has 1 amide bonds. The Kier molecular flexibility index (Phi) is 3.01. The number of carbonyl (C=O) groups excluding carboxylic acids is 1. The van der Waals surface area contributed by atoms with Gasteiger partial charge in [-0.05, 0) is 0 Å². The minimum absolute atomic E-state index is 0.00778. The van der Waals surface area contributed by atoms with Gasteiger partial charge in [-0.15, -0.1) is 0 Å². The Hall–Kier alpha value is -1.95. The molecule has 0 bridgehead atoms. The van der Waals surface area contributed by atoms with E-state index in [4.69, 9.17) is 16.6 Å². The third kappa shape index (κ3) is 2.50. The molecule has 0 spiro atoms. The van der Waals surface area contributed by atoms with Crippen molar-refractivity contribution < 1.29 is 20.1 Å². The van der Waals surface area contributed by atoms with Gasteiger partial charge in [0.25, 0.3) is 0 Å². The topological polar surface area (TPSA) is 130 Å². The summed E-state index contributed by atoms with van der Waals surface area (Å²) in [5.74, 6) is -1.68. The number of aromatic hydroxyl groups is 3. The molecule has 6 nitrogen and oxygen atoms in total. The second-order valence-electron chi connectivity index (χ2n) is 3.17. The first-order chi connectivity index (χ1) is 6.91. The average molecular weight is 212 g/mol. The highest BCUT2D eigenvalue weighted by atomic mass is 16.3. The molecule has 1 unspecified atom stereocenters. The molecule has 0 heterocycles. The Balaban J connectivity index is 3.08. The molecule has 0 aromatic heterocycles. The molecule has 6 heteroatoms. The highest BCUT2D eigenvalue weighted by molar-refractivity contribution is 5.75. The predicted octanol–water partition coefficient (Wildman–Crippen LogP) is -0.321. The average Bonchev–Trinajstić information content (AvgIpc) is 1.99. The summed E-state index contributed by atoms with van der Waals surface area (Å²) in [6.45, 7) is 0. The van der Waals surface area contributed by atoms with Crippen LogP contribution < -0.4 is 11.5 Å². The van der Waals surface area contributed by atoms with Crippen molar-refractivity contribution in [3.63, 3.8) is 0 Å². The Morgan fingerprint density at radius 1 is 1.27 bits per heavy atom. The molecule has 82 valence electrons. The van der Waals surface area contributed by atoms with Crippen LogP contribution >= 0.6 is 0 Å². The number of hydrogen-bond acceptors (Lipinski definition) is 5. The smallest absolute Gasteiger partial charge is 0.219 e. The number of nitrogens with two attached hydrogens (primary N) is 2. The van der Waals surface area contributed by atoms with Crippen molar-refractivity contribution in [2.45, 2.75) is 12.5 Å². The van der Waals surface area contributed by atoms with Crippen LogP contribution in [0.15, 0.2) is 12.1 Å². The highest BCUT2D eigenvalue weighted by Gasteiger charge is 2.18. The quantitative estimate of drug-likeness (QED) is 0.468. The second-order valence-corrected chi connectivity index (χ2v) is 3.17. The van der Waals surface area contributed by atoms with Gasteiger partial charge in [0.15, 0.2) is 0 Å². The summed E-state index contributed by atoms with van der Waals surface area (Å²) < 4.78 is 0. The van der Waals surface area contributed by atoms with Gasteiger partial charge in [0.1, 0.15) is 17.2 Å². The number of phenols is 3. The zero-order valence-corrected chi connectivity index (χ0v) is 7.84. The normalized spacial score (nSPS) is 12.3. The van der Waals surface area contributed by atoms with E-state index in [1.807, 2.05) is 0 Å². The summed E-state index contributed by atoms with van der Waals surface area (Å²) in [6, 6.07) is 1.15. The first-order valence-corrected chi connectivity index (χ1v) is 4.20. The van der Waals surface area contributed by atoms with E-state index in [1.54, 1.807) is 0 Å². The summed E-state index contributed by atoms with van der Waals surface area (Å²) in [7, 11) is 0. The SMILES string of the molecule is NC(=O)CC(N)c1c(O)cc(O)cc1O. The first kappa shape index (κ1) is 11.1. The van der Waals surface area contributed by atoms with Crippen LogP contribution in [0.25, 0.3) is 0 Å². The number of hydrogen-bond donors (Lipinski definition) is 5. The van der Waals surface area contributed by atoms with E-state index in [2.05, 4.69) is 0 Å². The monoisotopic (exact) mass is 212 g/mol. The molecule has 1 aromatic rings. The molecule has 7 N–H and O–H groups in total. The van der Waals surface area contributed by atoms with E-state index in [-0.39, 0.29) is 29.2 Å². The molecular weight excluding hydrogens is 200 g/mol. The lowest BCUT2D eigenvalue weighted by molar-refractivity contribution is -0.118. The van der Waals surface area contributed by atoms with Crippen molar-refractivity contribution in [3.8, 4) is 17.2 Å². The summed E-state index contributed by atoms with van der Waals surface area (Å²) in [6.07, 6.45) is -0.202. The minimum Gasteiger partial charge on any atom is -0.508 e. The molecule has 1 aromatic carbocycles. The Labute approximate surface area is 85.8 Å². The van der Waals surface area contributed by atoms with Crippen LogP contribution in [0, 0.1) is 0 Å². The van der Waals surface area contributed by atoms with Crippen molar-refractivity contribution in [1.82, 2.24) is 0 Å². The summed E-state index contributed by atoms with van der Waals surface area (Å²) in [5.41, 5.74) is 10.5. The Morgan fingerprint density at radius 2 is 1.73 bits per heavy atom. The van der Waals surface area contributed by atoms with E-state index < -0.39 is 11.9 Å². The van der Waals surface area contributed by atoms with Gasteiger partial charge in [-0.3, -0.25) is 4.79 Å². The van der Waals surface area contributed by atoms with Crippen LogP contribution in [0.4, 0.5) is 0 Å². The Morgan fingerprint density at radius 3 is 2.13 bits per heavy atom. The third-order valence-corrected chi connectivity index (χ3v) is 1.91. The van der Waals surface area contributed by atoms with Gasteiger partial charge in [-0.1, -0.05) is 0 Å². The van der Waals surface area contributed by atoms with Crippen molar-refractivity contribution in [3.05, 3.63) is 17.7 Å². The fourth-order valence-corrected chi connectivity index (χ4v) is 1.31. The highest BCUT2D eigenvalue weighted by Crippen LogP contribution is 2.36. The molecule has 1 rings (SSSR count). The van der Waals surface area contributed by atoms with Gasteiger partial charge in [-0.2, -0.15) is 0 Å². The van der Waals surface area contributed by atoms with Crippen LogP contribution in [0.1, 0.15) is 18.0 Å². The van der Waals surface area contributed by atoms with Crippen LogP contribution in [-0.2, 0) is 4.79 Å². The van der Waals surface area contributed by atoms with Gasteiger partial charge in [-0.25, -0.2) is 0 Å². The Bertz CT molecular complexity index is 369. The molecule has 0 aliphatic rings. The third-order valence-electron chi connectivity index (χ3n) is 1.91. The summed E-state index contributed by atoms with van der Waals surface area (Å²) in [5, 5.41) is 27.8. The number of carbonyl (C=O) groups is 1. The molecule has 0 saturated carbocycles. The second kappa shape index (κ2) is 4.05. The summed E-state index contributed by atoms with van der Waals surface area (Å²) >= 11 is 0. The van der Waals surface area contributed by atoms with Crippen molar-refractivity contribution in [2.24, 2.45) is 11.5 Å². The van der Waals surface area contributed by atoms with E-state index in [0.717, 1.165) is 12.1 Å². The zero-order chi connectivity index (χ0) is 11.6. The number of amides is 1. The standard InChI is InChI=1S/C9H12N2O4/c10-5(3-8(11)15)9-6(13)1-4(12)2-7(9)14/h1-2,5,12-14H,3,10H2,(H2,11,15). The molecule has 0 radical (unpaired) electrons. The molecular formula is C9H12N2O4. The van der Waals surface area contributed by atoms with Crippen LogP contribution in [0.2, 0.25) is 0 Å². The molecule has 0 saturated heterocycles. The van der Waals surface area contributed by atoms with Gasteiger partial charge in [0, 0.05) is 24.6 Å². The lowest BCUT2D eigenvalue weighted by Gasteiger charge is -2.13. The van der Waals surface area contributed by atoms with Crippen LogP contribution in [0.3, 0.4) is 0 Å². The maximum Gasteiger partial charge on any atom is 0.219 e. The van der Waals surface area contributed by atoms with E-state index in [1.165, 1.54) is 0 Å². The van der Waals surface area contributed by atoms with Gasteiger partial charge in [0.2, 0.25) is 5.91 Å². The van der Waals surface area contributed by atoms with Crippen molar-refractivity contribution in [2.75, 3.05) is 0 Å². The maximum absolute atomic E-state index is 10.6. The molecule has 0 aliphatic heterocycles. The first-order valence-electron chi connectivity index (χ1n) is 4.20. The van der Waals surface area contributed by atoms with Crippen LogP contribution in [-0.4, -0.2) is 21.2 Å². The van der Waals surface area contributed by atoms with Gasteiger partial charge >= 0.3 is 0 Å². The number of rotatable bonds is 3. The summed E-state index contributed by atoms with van der Waals surface area (Å²) in [4.78, 5) is 10.6. The molecule has 15 heavy (non-hydrogen) atoms. The predicted molar refractivity (Wildman–Crippen MR) is 52.2 cm³/mol. The fourth-order valence-electron chi connectivity index (χ4n) is 1.31. The molecule has 0 aliphatic carbocycles. The van der Waals surface area contributed by atoms with Crippen LogP contribution in [0.5, 0.6) is 17.2 Å². The zero-order valence-electron chi connectivity index (χ0n) is 7.84. The molecule has 0 fully saturated rings. The number of primary amides is 1. The fraction of sp³-hybridized carbons (Fsp3) is 0.222. The molecule has 1 atom stereocenters. The maximum atomic E-state index is 10.6. The lowest BCUT2D eigenvalue weighted by Crippen LogP contribution is -2.20. The number of benzene rings is 1. The van der Waals surface area contributed by atoms with Crippen molar-refractivity contribution >= 4 is 5.91 Å². The lowest BCUT2D eigenvalue weighted by atomic mass is 10.0. The van der Waals surface area contributed by atoms with E-state index >= 15 is 0 Å².